The molecule has 1 aliphatic heterocycles. The molecule has 2 N–H and O–H groups in total. The molecule has 112 valence electrons. The number of amides is 1. The number of nitrogens with one attached hydrogen (secondary N) is 2. The number of hydrogen-bond acceptors (Lipinski definition) is 2. The molecule has 1 aromatic rings. The lowest BCUT2D eigenvalue weighted by atomic mass is 10.0. The van der Waals surface area contributed by atoms with Crippen LogP contribution in [-0.4, -0.2) is 18.5 Å². The van der Waals surface area contributed by atoms with E-state index < -0.39 is 0 Å². The molecule has 1 amide bonds. The van der Waals surface area contributed by atoms with Gasteiger partial charge in [0.1, 0.15) is 0 Å². The number of aryl methyl sites for hydroxylation is 3. The topological polar surface area (TPSA) is 41.1 Å². The van der Waals surface area contributed by atoms with Crippen LogP contribution in [0, 0.1) is 20.8 Å². The van der Waals surface area contributed by atoms with Crippen LogP contribution in [-0.2, 0) is 11.3 Å². The molecule has 1 unspecified atom stereocenters. The van der Waals surface area contributed by atoms with Crippen LogP contribution in [0.1, 0.15) is 41.5 Å². The summed E-state index contributed by atoms with van der Waals surface area (Å²) in [5.41, 5.74) is 5.23. The summed E-state index contributed by atoms with van der Waals surface area (Å²) in [5.74, 6) is 0.152. The molecule has 1 aliphatic rings. The molecule has 0 aliphatic carbocycles. The summed E-state index contributed by atoms with van der Waals surface area (Å²) in [7, 11) is 0. The second-order valence-corrected chi connectivity index (χ2v) is 5.58. The third-order valence-corrected chi connectivity index (χ3v) is 4.03. The highest BCUT2D eigenvalue weighted by Crippen LogP contribution is 2.16. The summed E-state index contributed by atoms with van der Waals surface area (Å²) >= 11 is 0. The van der Waals surface area contributed by atoms with Crippen LogP contribution in [0.15, 0.2) is 12.1 Å². The lowest BCUT2D eigenvalue weighted by Crippen LogP contribution is -2.42. The Kier molecular flexibility index (Phi) is 6.50. The highest BCUT2D eigenvalue weighted by molar-refractivity contribution is 5.85. The number of benzene rings is 1. The maximum absolute atomic E-state index is 11.9. The van der Waals surface area contributed by atoms with Gasteiger partial charge in [-0.15, -0.1) is 12.4 Å². The number of hydrogen-bond donors (Lipinski definition) is 2. The van der Waals surface area contributed by atoms with Crippen molar-refractivity contribution in [3.8, 4) is 0 Å². The second-order valence-electron chi connectivity index (χ2n) is 5.58. The molecule has 0 bridgehead atoms. The van der Waals surface area contributed by atoms with E-state index in [0.29, 0.717) is 0 Å². The zero-order valence-electron chi connectivity index (χ0n) is 12.6. The molecular formula is C16H25ClN2O. The van der Waals surface area contributed by atoms with Gasteiger partial charge in [-0.05, 0) is 62.3 Å². The first-order valence-electron chi connectivity index (χ1n) is 7.16. The van der Waals surface area contributed by atoms with Crippen LogP contribution in [0.25, 0.3) is 0 Å². The Balaban J connectivity index is 0.00000200. The van der Waals surface area contributed by atoms with Gasteiger partial charge in [0.15, 0.2) is 0 Å². The van der Waals surface area contributed by atoms with Crippen LogP contribution in [0.2, 0.25) is 0 Å². The number of carbonyl (C=O) groups excluding carboxylic acids is 1. The standard InChI is InChI=1S/C16H24N2O.ClH/c1-11-8-13(3)14(9-12(11)2)10-18-15-6-4-5-7-17-16(15)19;/h8-9,15,18H,4-7,10H2,1-3H3,(H,17,19);1H. The van der Waals surface area contributed by atoms with Crippen molar-refractivity contribution in [3.63, 3.8) is 0 Å². The monoisotopic (exact) mass is 296 g/mol. The molecule has 4 heteroatoms. The van der Waals surface area contributed by atoms with E-state index in [-0.39, 0.29) is 24.4 Å². The smallest absolute Gasteiger partial charge is 0.237 e. The van der Waals surface area contributed by atoms with Gasteiger partial charge in [-0.1, -0.05) is 12.1 Å². The molecule has 3 nitrogen and oxygen atoms in total. The molecule has 1 heterocycles. The van der Waals surface area contributed by atoms with Crippen molar-refractivity contribution < 1.29 is 4.79 Å². The van der Waals surface area contributed by atoms with Crippen molar-refractivity contribution >= 4 is 18.3 Å². The Labute approximate surface area is 127 Å². The molecule has 1 aromatic carbocycles. The lowest BCUT2D eigenvalue weighted by Gasteiger charge is -2.17. The lowest BCUT2D eigenvalue weighted by molar-refractivity contribution is -0.122. The van der Waals surface area contributed by atoms with Gasteiger partial charge in [0.2, 0.25) is 5.91 Å². The van der Waals surface area contributed by atoms with Gasteiger partial charge in [-0.3, -0.25) is 4.79 Å². The average molecular weight is 297 g/mol. The molecule has 0 spiro atoms. The van der Waals surface area contributed by atoms with Crippen molar-refractivity contribution in [1.82, 2.24) is 10.6 Å². The van der Waals surface area contributed by atoms with E-state index in [1.807, 2.05) is 0 Å². The predicted molar refractivity (Wildman–Crippen MR) is 85.4 cm³/mol. The highest BCUT2D eigenvalue weighted by atomic mass is 35.5. The Bertz CT molecular complexity index is 474. The summed E-state index contributed by atoms with van der Waals surface area (Å²) in [5, 5.41) is 6.37. The molecule has 1 fully saturated rings. The fraction of sp³-hybridized carbons (Fsp3) is 0.562. The maximum Gasteiger partial charge on any atom is 0.237 e. The van der Waals surface area contributed by atoms with Crippen LogP contribution in [0.4, 0.5) is 0 Å². The van der Waals surface area contributed by atoms with Gasteiger partial charge in [-0.2, -0.15) is 0 Å². The first-order valence-corrected chi connectivity index (χ1v) is 7.16. The third-order valence-electron chi connectivity index (χ3n) is 4.03. The van der Waals surface area contributed by atoms with E-state index in [4.69, 9.17) is 0 Å². The Hall–Kier alpha value is -1.06. The van der Waals surface area contributed by atoms with E-state index in [0.717, 1.165) is 32.4 Å². The summed E-state index contributed by atoms with van der Waals surface area (Å²) in [6.45, 7) is 8.00. The normalized spacial score (nSPS) is 18.9. The summed E-state index contributed by atoms with van der Waals surface area (Å²) in [6.07, 6.45) is 3.14. The van der Waals surface area contributed by atoms with Gasteiger partial charge in [0.05, 0.1) is 6.04 Å². The summed E-state index contributed by atoms with van der Waals surface area (Å²) in [6, 6.07) is 4.41. The zero-order valence-corrected chi connectivity index (χ0v) is 13.4. The van der Waals surface area contributed by atoms with Gasteiger partial charge in [-0.25, -0.2) is 0 Å². The Morgan fingerprint density at radius 2 is 1.85 bits per heavy atom. The van der Waals surface area contributed by atoms with Crippen LogP contribution in [0.3, 0.4) is 0 Å². The largest absolute Gasteiger partial charge is 0.355 e. The average Bonchev–Trinajstić information content (AvgIpc) is 2.57. The van der Waals surface area contributed by atoms with Crippen molar-refractivity contribution in [2.24, 2.45) is 0 Å². The predicted octanol–water partition coefficient (Wildman–Crippen LogP) is 2.79. The first-order chi connectivity index (χ1) is 9.08. The number of halogens is 1. The van der Waals surface area contributed by atoms with E-state index >= 15 is 0 Å². The van der Waals surface area contributed by atoms with E-state index in [1.165, 1.54) is 22.3 Å². The quantitative estimate of drug-likeness (QED) is 0.900. The van der Waals surface area contributed by atoms with Crippen molar-refractivity contribution in [2.75, 3.05) is 6.54 Å². The number of rotatable bonds is 3. The first kappa shape index (κ1) is 17.0. The molecule has 1 saturated heterocycles. The SMILES string of the molecule is Cc1cc(C)c(CNC2CCCCNC2=O)cc1C.Cl. The minimum Gasteiger partial charge on any atom is -0.355 e. The van der Waals surface area contributed by atoms with Gasteiger partial charge < -0.3 is 10.6 Å². The van der Waals surface area contributed by atoms with E-state index in [9.17, 15) is 4.79 Å². The van der Waals surface area contributed by atoms with Gasteiger partial charge >= 0.3 is 0 Å². The Morgan fingerprint density at radius 3 is 2.60 bits per heavy atom. The fourth-order valence-corrected chi connectivity index (χ4v) is 2.58. The summed E-state index contributed by atoms with van der Waals surface area (Å²) in [4.78, 5) is 11.9. The minimum atomic E-state index is -0.0384. The van der Waals surface area contributed by atoms with E-state index in [1.54, 1.807) is 0 Å². The van der Waals surface area contributed by atoms with Crippen molar-refractivity contribution in [3.05, 3.63) is 34.4 Å². The minimum absolute atomic E-state index is 0. The van der Waals surface area contributed by atoms with Crippen molar-refractivity contribution in [1.29, 1.82) is 0 Å². The van der Waals surface area contributed by atoms with Crippen LogP contribution in [0.5, 0.6) is 0 Å². The molecular weight excluding hydrogens is 272 g/mol. The summed E-state index contributed by atoms with van der Waals surface area (Å²) < 4.78 is 0. The third kappa shape index (κ3) is 4.22. The van der Waals surface area contributed by atoms with E-state index in [2.05, 4.69) is 43.5 Å². The molecule has 1 atom stereocenters. The molecule has 0 saturated carbocycles. The zero-order chi connectivity index (χ0) is 13.8. The van der Waals surface area contributed by atoms with Crippen molar-refractivity contribution in [2.45, 2.75) is 52.6 Å². The highest BCUT2D eigenvalue weighted by Gasteiger charge is 2.19. The Morgan fingerprint density at radius 1 is 1.15 bits per heavy atom. The van der Waals surface area contributed by atoms with Crippen LogP contribution < -0.4 is 10.6 Å². The molecule has 0 aromatic heterocycles. The molecule has 0 radical (unpaired) electrons. The van der Waals surface area contributed by atoms with Crippen LogP contribution >= 0.6 is 12.4 Å². The maximum atomic E-state index is 11.9. The molecule has 2 rings (SSSR count). The van der Waals surface area contributed by atoms with Gasteiger partial charge in [0.25, 0.3) is 0 Å². The molecule has 20 heavy (non-hydrogen) atoms. The number of carbonyl (C=O) groups is 1. The second kappa shape index (κ2) is 7.65. The fourth-order valence-electron chi connectivity index (χ4n) is 2.58. The van der Waals surface area contributed by atoms with Gasteiger partial charge in [0, 0.05) is 13.1 Å².